The molecule has 2 aromatic rings. The third-order valence-corrected chi connectivity index (χ3v) is 6.93. The molecule has 0 saturated carbocycles. The average molecular weight is 689 g/mol. The SMILES string of the molecule is COCCOCCOCCN(CCNC(=O)OCc1ccccc1)CC(CCCCNC(=O)OC(C)(C)C)NC(=O)OCc1ccccc1. The molecule has 0 aliphatic heterocycles. The number of carbonyl (C=O) groups is 3. The lowest BCUT2D eigenvalue weighted by atomic mass is 10.1. The first kappa shape index (κ1) is 41.3. The molecule has 2 rings (SSSR count). The molecule has 0 aliphatic rings. The van der Waals surface area contributed by atoms with Crippen molar-refractivity contribution >= 4 is 18.3 Å². The van der Waals surface area contributed by atoms with Crippen LogP contribution in [0.2, 0.25) is 0 Å². The Morgan fingerprint density at radius 1 is 0.694 bits per heavy atom. The maximum absolute atomic E-state index is 12.9. The van der Waals surface area contributed by atoms with Gasteiger partial charge in [0.25, 0.3) is 0 Å². The van der Waals surface area contributed by atoms with E-state index >= 15 is 0 Å². The summed E-state index contributed by atoms with van der Waals surface area (Å²) in [5, 5.41) is 8.61. The maximum Gasteiger partial charge on any atom is 0.407 e. The molecule has 1 atom stereocenters. The maximum atomic E-state index is 12.9. The van der Waals surface area contributed by atoms with Crippen molar-refractivity contribution in [1.82, 2.24) is 20.9 Å². The van der Waals surface area contributed by atoms with Gasteiger partial charge in [-0.25, -0.2) is 14.4 Å². The van der Waals surface area contributed by atoms with Gasteiger partial charge in [-0.3, -0.25) is 4.90 Å². The number of methoxy groups -OCH3 is 1. The van der Waals surface area contributed by atoms with Crippen LogP contribution in [0.3, 0.4) is 0 Å². The molecule has 0 aliphatic carbocycles. The molecule has 0 bridgehead atoms. The van der Waals surface area contributed by atoms with E-state index in [9.17, 15) is 14.4 Å². The van der Waals surface area contributed by atoms with Crippen LogP contribution in [0.1, 0.15) is 51.2 Å². The number of nitrogens with zero attached hydrogens (tertiary/aromatic N) is 1. The molecule has 13 heteroatoms. The fourth-order valence-electron chi connectivity index (χ4n) is 4.52. The first-order valence-corrected chi connectivity index (χ1v) is 16.9. The number of carbonyl (C=O) groups excluding carboxylic acids is 3. The predicted octanol–water partition coefficient (Wildman–Crippen LogP) is 4.88. The second kappa shape index (κ2) is 25.1. The van der Waals surface area contributed by atoms with Crippen molar-refractivity contribution in [2.75, 3.05) is 72.9 Å². The van der Waals surface area contributed by atoms with Crippen LogP contribution in [0.25, 0.3) is 0 Å². The van der Waals surface area contributed by atoms with E-state index in [-0.39, 0.29) is 19.3 Å². The minimum Gasteiger partial charge on any atom is -0.445 e. The normalized spacial score (nSPS) is 11.9. The van der Waals surface area contributed by atoms with Gasteiger partial charge in [0.2, 0.25) is 0 Å². The van der Waals surface area contributed by atoms with E-state index in [1.165, 1.54) is 0 Å². The molecule has 49 heavy (non-hydrogen) atoms. The van der Waals surface area contributed by atoms with Crippen molar-refractivity contribution in [3.63, 3.8) is 0 Å². The van der Waals surface area contributed by atoms with E-state index in [1.807, 2.05) is 81.4 Å². The molecule has 0 spiro atoms. The highest BCUT2D eigenvalue weighted by atomic mass is 16.6. The third kappa shape index (κ3) is 22.4. The van der Waals surface area contributed by atoms with Gasteiger partial charge >= 0.3 is 18.3 Å². The molecule has 0 aromatic heterocycles. The van der Waals surface area contributed by atoms with Gasteiger partial charge in [-0.15, -0.1) is 0 Å². The number of alkyl carbamates (subject to hydrolysis) is 3. The molecule has 2 aromatic carbocycles. The number of hydrogen-bond acceptors (Lipinski definition) is 10. The first-order valence-electron chi connectivity index (χ1n) is 16.9. The van der Waals surface area contributed by atoms with Crippen LogP contribution < -0.4 is 16.0 Å². The lowest BCUT2D eigenvalue weighted by Crippen LogP contribution is -2.47. The van der Waals surface area contributed by atoms with Gasteiger partial charge in [0.05, 0.1) is 33.0 Å². The van der Waals surface area contributed by atoms with Crippen LogP contribution in [-0.4, -0.2) is 108 Å². The first-order chi connectivity index (χ1) is 23.6. The molecule has 13 nitrogen and oxygen atoms in total. The smallest absolute Gasteiger partial charge is 0.407 e. The molecule has 0 heterocycles. The fraction of sp³-hybridized carbons (Fsp3) is 0.583. The Hall–Kier alpha value is -3.91. The highest BCUT2D eigenvalue weighted by Gasteiger charge is 2.19. The minimum absolute atomic E-state index is 0.151. The van der Waals surface area contributed by atoms with Crippen LogP contribution in [0.4, 0.5) is 14.4 Å². The highest BCUT2D eigenvalue weighted by Crippen LogP contribution is 2.09. The summed E-state index contributed by atoms with van der Waals surface area (Å²) in [6, 6.07) is 18.7. The second-order valence-electron chi connectivity index (χ2n) is 12.3. The molecular weight excluding hydrogens is 632 g/mol. The summed E-state index contributed by atoms with van der Waals surface area (Å²) in [6.07, 6.45) is 0.562. The van der Waals surface area contributed by atoms with Crippen LogP contribution in [0, 0.1) is 0 Å². The molecule has 274 valence electrons. The number of amides is 3. The number of rotatable bonds is 24. The van der Waals surface area contributed by atoms with Crippen molar-refractivity contribution < 1.29 is 42.8 Å². The molecule has 0 saturated heterocycles. The topological polar surface area (TPSA) is 146 Å². The molecule has 0 fully saturated rings. The summed E-state index contributed by atoms with van der Waals surface area (Å²) >= 11 is 0. The van der Waals surface area contributed by atoms with Crippen molar-refractivity contribution in [1.29, 1.82) is 0 Å². The quantitative estimate of drug-likeness (QED) is 0.103. The van der Waals surface area contributed by atoms with Gasteiger partial charge < -0.3 is 44.4 Å². The number of nitrogens with one attached hydrogen (secondary N) is 3. The van der Waals surface area contributed by atoms with E-state index in [2.05, 4.69) is 20.9 Å². The zero-order valence-corrected chi connectivity index (χ0v) is 29.6. The number of hydrogen-bond donors (Lipinski definition) is 3. The zero-order chi connectivity index (χ0) is 35.6. The van der Waals surface area contributed by atoms with Crippen molar-refractivity contribution in [3.8, 4) is 0 Å². The predicted molar refractivity (Wildman–Crippen MR) is 186 cm³/mol. The van der Waals surface area contributed by atoms with E-state index in [1.54, 1.807) is 7.11 Å². The summed E-state index contributed by atoms with van der Waals surface area (Å²) in [7, 11) is 1.62. The molecule has 3 N–H and O–H groups in total. The van der Waals surface area contributed by atoms with Gasteiger partial charge in [0.1, 0.15) is 18.8 Å². The Morgan fingerprint density at radius 3 is 1.88 bits per heavy atom. The van der Waals surface area contributed by atoms with Crippen LogP contribution >= 0.6 is 0 Å². The number of benzene rings is 2. The molecule has 0 radical (unpaired) electrons. The lowest BCUT2D eigenvalue weighted by molar-refractivity contribution is 0.0189. The summed E-state index contributed by atoms with van der Waals surface area (Å²) in [4.78, 5) is 39.4. The monoisotopic (exact) mass is 688 g/mol. The van der Waals surface area contributed by atoms with Gasteiger partial charge in [-0.05, 0) is 51.2 Å². The summed E-state index contributed by atoms with van der Waals surface area (Å²) < 4.78 is 32.4. The number of ether oxygens (including phenoxy) is 6. The Morgan fingerprint density at radius 2 is 1.27 bits per heavy atom. The van der Waals surface area contributed by atoms with Crippen molar-refractivity contribution in [2.24, 2.45) is 0 Å². The Kier molecular flexibility index (Phi) is 21.2. The summed E-state index contributed by atoms with van der Waals surface area (Å²) in [5.41, 5.74) is 1.21. The van der Waals surface area contributed by atoms with E-state index < -0.39 is 23.9 Å². The van der Waals surface area contributed by atoms with Crippen LogP contribution in [0.15, 0.2) is 60.7 Å². The number of unbranched alkanes of at least 4 members (excludes halogenated alkanes) is 1. The standard InChI is InChI=1S/C36H56N4O9/c1-36(2,3)49-34(42)37-18-12-11-17-32(39-35(43)48-29-31-15-9-6-10-16-31)27-40(21-22-45-25-26-46-24-23-44-4)20-19-38-33(41)47-28-30-13-7-5-8-14-30/h5-10,13-16,32H,11-12,17-29H2,1-4H3,(H,37,42)(H,38,41)(H,39,43). The lowest BCUT2D eigenvalue weighted by Gasteiger charge is -2.28. The van der Waals surface area contributed by atoms with Crippen molar-refractivity contribution in [3.05, 3.63) is 71.8 Å². The Labute approximate surface area is 291 Å². The Bertz CT molecular complexity index is 1170. The fourth-order valence-corrected chi connectivity index (χ4v) is 4.52. The van der Waals surface area contributed by atoms with Crippen LogP contribution in [-0.2, 0) is 41.6 Å². The van der Waals surface area contributed by atoms with E-state index in [4.69, 9.17) is 28.4 Å². The van der Waals surface area contributed by atoms with Gasteiger partial charge in [-0.1, -0.05) is 60.7 Å². The summed E-state index contributed by atoms with van der Waals surface area (Å²) in [5.74, 6) is 0. The van der Waals surface area contributed by atoms with Gasteiger partial charge in [0, 0.05) is 45.9 Å². The summed E-state index contributed by atoms with van der Waals surface area (Å²) in [6.45, 7) is 10.4. The third-order valence-electron chi connectivity index (χ3n) is 6.93. The van der Waals surface area contributed by atoms with E-state index in [0.717, 1.165) is 17.5 Å². The molecular formula is C36H56N4O9. The Balaban J connectivity index is 1.95. The average Bonchev–Trinajstić information content (AvgIpc) is 3.07. The largest absolute Gasteiger partial charge is 0.445 e. The van der Waals surface area contributed by atoms with Crippen molar-refractivity contribution in [2.45, 2.75) is 64.9 Å². The van der Waals surface area contributed by atoms with Gasteiger partial charge in [0.15, 0.2) is 0 Å². The molecule has 1 unspecified atom stereocenters. The zero-order valence-electron chi connectivity index (χ0n) is 29.6. The molecule has 3 amide bonds. The van der Waals surface area contributed by atoms with Crippen LogP contribution in [0.5, 0.6) is 0 Å². The minimum atomic E-state index is -0.573. The van der Waals surface area contributed by atoms with Gasteiger partial charge in [-0.2, -0.15) is 0 Å². The second-order valence-corrected chi connectivity index (χ2v) is 12.3. The highest BCUT2D eigenvalue weighted by molar-refractivity contribution is 5.68. The van der Waals surface area contributed by atoms with E-state index in [0.29, 0.717) is 78.6 Å².